The summed E-state index contributed by atoms with van der Waals surface area (Å²) < 4.78 is 78.9. The molecule has 0 bridgehead atoms. The molecule has 1 fully saturated rings. The first-order chi connectivity index (χ1) is 39.3. The van der Waals surface area contributed by atoms with Crippen LogP contribution < -0.4 is 14.4 Å². The Kier molecular flexibility index (Phi) is 36.2. The summed E-state index contributed by atoms with van der Waals surface area (Å²) in [4.78, 5) is 29.5. The second kappa shape index (κ2) is 40.2. The molecule has 1 unspecified atom stereocenters. The number of esters is 1. The van der Waals surface area contributed by atoms with Gasteiger partial charge in [0, 0.05) is 29.4 Å². The predicted molar refractivity (Wildman–Crippen MR) is 343 cm³/mol. The molecule has 0 radical (unpaired) electrons. The van der Waals surface area contributed by atoms with E-state index in [1.165, 1.54) is 70.6 Å². The molecule has 83 heavy (non-hydrogen) atoms. The maximum absolute atomic E-state index is 15.5. The first-order valence-electron chi connectivity index (χ1n) is 32.0. The summed E-state index contributed by atoms with van der Waals surface area (Å²) in [5, 5.41) is 15.0. The fraction of sp³-hybridized carbons (Fsp3) is 0.781. The number of ether oxygens (including phenoxy) is 6. The zero-order valence-electron chi connectivity index (χ0n) is 54.0. The van der Waals surface area contributed by atoms with E-state index in [4.69, 9.17) is 46.4 Å². The van der Waals surface area contributed by atoms with Gasteiger partial charge in [0.2, 0.25) is 5.91 Å². The van der Waals surface area contributed by atoms with Crippen LogP contribution in [0.25, 0.3) is 0 Å². The summed E-state index contributed by atoms with van der Waals surface area (Å²) in [6.45, 7) is 29.7. The number of hydrogen-bond acceptors (Lipinski definition) is 14. The summed E-state index contributed by atoms with van der Waals surface area (Å²) in [5.41, 5.74) is 0. The van der Waals surface area contributed by atoms with E-state index in [1.807, 2.05) is 0 Å². The molecular weight excluding hydrogens is 1120 g/mol. The SMILES string of the molecule is CCCCCCCCCCC[C@H](CC(=O)N[C@H]1C(O)O[C@H](CO[Si](C)(C)C(C)(C)C)[C@@H](OP(=O)(Oc2ccccc2)Oc2ccccc2)[C@@H]1OC(=O)C[C@@H](CCCCCCCCCCC)OCOCC[Si](C)(C)C)OCOCC[Si](C)(C)C. The van der Waals surface area contributed by atoms with Crippen LogP contribution in [0.5, 0.6) is 11.5 Å². The van der Waals surface area contributed by atoms with Gasteiger partial charge in [0.15, 0.2) is 20.7 Å². The van der Waals surface area contributed by atoms with Crippen LogP contribution in [0.15, 0.2) is 60.7 Å². The number of rotatable bonds is 47. The molecule has 15 nitrogen and oxygen atoms in total. The topological polar surface area (TPSA) is 176 Å². The molecule has 2 aromatic carbocycles. The molecule has 19 heteroatoms. The normalized spacial score (nSPS) is 18.8. The lowest BCUT2D eigenvalue weighted by atomic mass is 9.96. The van der Waals surface area contributed by atoms with Crippen LogP contribution in [0.2, 0.25) is 69.5 Å². The number of hydrogen-bond donors (Lipinski definition) is 2. The molecule has 7 atom stereocenters. The maximum atomic E-state index is 15.5. The van der Waals surface area contributed by atoms with Crippen molar-refractivity contribution in [2.45, 2.75) is 288 Å². The van der Waals surface area contributed by atoms with Crippen LogP contribution in [-0.4, -0.2) is 118 Å². The van der Waals surface area contributed by atoms with E-state index in [-0.39, 0.29) is 49.6 Å². The number of unbranched alkanes of at least 4 members (excludes halogenated alkanes) is 16. The number of phosphoric acid groups is 1. The minimum atomic E-state index is -4.78. The lowest BCUT2D eigenvalue weighted by Crippen LogP contribution is -2.66. The highest BCUT2D eigenvalue weighted by molar-refractivity contribution is 7.49. The summed E-state index contributed by atoms with van der Waals surface area (Å²) >= 11 is 0. The summed E-state index contributed by atoms with van der Waals surface area (Å²) in [6.07, 6.45) is 14.4. The van der Waals surface area contributed by atoms with Crippen LogP contribution in [0.4, 0.5) is 0 Å². The van der Waals surface area contributed by atoms with Crippen LogP contribution in [-0.2, 0) is 51.5 Å². The number of aliphatic hydroxyl groups excluding tert-OH is 1. The predicted octanol–water partition coefficient (Wildman–Crippen LogP) is 16.8. The molecule has 0 saturated carbocycles. The number of nitrogens with one attached hydrogen (secondary N) is 1. The molecule has 0 aliphatic carbocycles. The van der Waals surface area contributed by atoms with Gasteiger partial charge in [0.05, 0.1) is 31.7 Å². The monoisotopic (exact) mass is 1240 g/mol. The zero-order chi connectivity index (χ0) is 61.2. The van der Waals surface area contributed by atoms with E-state index in [2.05, 4.69) is 92.3 Å². The number of benzene rings is 2. The van der Waals surface area contributed by atoms with Gasteiger partial charge in [0.25, 0.3) is 0 Å². The van der Waals surface area contributed by atoms with E-state index < -0.39 is 87.0 Å². The van der Waals surface area contributed by atoms with Gasteiger partial charge in [-0.15, -0.1) is 0 Å². The van der Waals surface area contributed by atoms with Gasteiger partial charge in [-0.1, -0.05) is 226 Å². The Morgan fingerprint density at radius 3 is 1.46 bits per heavy atom. The Labute approximate surface area is 506 Å². The second-order valence-electron chi connectivity index (χ2n) is 26.9. The van der Waals surface area contributed by atoms with Gasteiger partial charge in [-0.05, 0) is 67.3 Å². The first-order valence-corrected chi connectivity index (χ1v) is 43.7. The molecule has 0 spiro atoms. The number of amides is 1. The van der Waals surface area contributed by atoms with Crippen molar-refractivity contribution in [3.63, 3.8) is 0 Å². The number of para-hydroxylation sites is 2. The Morgan fingerprint density at radius 1 is 0.614 bits per heavy atom. The molecule has 3 rings (SSSR count). The minimum Gasteiger partial charge on any atom is -0.457 e. The fourth-order valence-corrected chi connectivity index (χ4v) is 13.2. The lowest BCUT2D eigenvalue weighted by molar-refractivity contribution is -0.255. The third kappa shape index (κ3) is 33.5. The molecule has 1 aliphatic rings. The van der Waals surface area contributed by atoms with Crippen molar-refractivity contribution in [1.82, 2.24) is 5.32 Å². The minimum absolute atomic E-state index is 0.00952. The molecule has 1 aliphatic heterocycles. The fourth-order valence-electron chi connectivity index (χ4n) is 9.27. The Balaban J connectivity index is 2.08. The van der Waals surface area contributed by atoms with Gasteiger partial charge in [-0.25, -0.2) is 4.57 Å². The van der Waals surface area contributed by atoms with Crippen molar-refractivity contribution in [1.29, 1.82) is 0 Å². The first kappa shape index (κ1) is 74.8. The van der Waals surface area contributed by atoms with Crippen LogP contribution in [0.1, 0.15) is 176 Å². The summed E-state index contributed by atoms with van der Waals surface area (Å²) in [5.74, 6) is -0.805. The number of phosphoric ester groups is 1. The third-order valence-electron chi connectivity index (χ3n) is 15.7. The standard InChI is InChI=1S/C64H116NO14PSi3/c1-14-16-18-20-22-24-26-28-32-42-55(72-51-70-44-46-81(6,7)8)48-58(66)65-60-62(76-59(67)49-56(73-52-71-45-47-82(9,10)11)43-33-29-27-25-23-21-19-17-15-2)61(57(75-63(60)68)50-74-83(12,13)64(3,4)5)79-80(69,77-53-38-34-30-35-39-53)78-54-40-36-31-37-41-54/h30-31,34-41,55-57,60-63,68H,14-29,32-33,42-52H2,1-13H3,(H,65,66)/t55-,56-,57-,60-,61-,62-,63?/m1/s1. The molecule has 2 aromatic rings. The van der Waals surface area contributed by atoms with E-state index >= 15 is 4.57 Å². The second-order valence-corrected chi connectivity index (χ2v) is 44.4. The lowest BCUT2D eigenvalue weighted by Gasteiger charge is -2.46. The average Bonchev–Trinajstić information content (AvgIpc) is 2.15. The van der Waals surface area contributed by atoms with Crippen LogP contribution in [0, 0.1) is 0 Å². The third-order valence-corrected chi connectivity index (χ3v) is 25.0. The molecular formula is C64H116NO14PSi3. The highest BCUT2D eigenvalue weighted by Gasteiger charge is 2.54. The summed E-state index contributed by atoms with van der Waals surface area (Å²) in [7, 11) is -10.1. The van der Waals surface area contributed by atoms with Gasteiger partial charge in [-0.3, -0.25) is 14.1 Å². The molecule has 478 valence electrons. The van der Waals surface area contributed by atoms with Crippen molar-refractivity contribution < 1.29 is 65.7 Å². The molecule has 0 aromatic heterocycles. The Bertz CT molecular complexity index is 2010. The van der Waals surface area contributed by atoms with Crippen LogP contribution >= 0.6 is 7.82 Å². The maximum Gasteiger partial charge on any atom is 0.588 e. The molecule has 2 N–H and O–H groups in total. The average molecular weight is 1240 g/mol. The number of carbonyl (C=O) groups is 2. The van der Waals surface area contributed by atoms with Gasteiger partial charge < -0.3 is 52.3 Å². The molecule has 1 saturated heterocycles. The summed E-state index contributed by atoms with van der Waals surface area (Å²) in [6, 6.07) is 17.5. The van der Waals surface area contributed by atoms with Crippen molar-refractivity contribution in [2.24, 2.45) is 0 Å². The van der Waals surface area contributed by atoms with Crippen molar-refractivity contribution >= 4 is 44.2 Å². The Morgan fingerprint density at radius 2 is 1.04 bits per heavy atom. The van der Waals surface area contributed by atoms with Crippen molar-refractivity contribution in [3.8, 4) is 11.5 Å². The van der Waals surface area contributed by atoms with Crippen molar-refractivity contribution in [3.05, 3.63) is 60.7 Å². The highest BCUT2D eigenvalue weighted by Crippen LogP contribution is 2.52. The van der Waals surface area contributed by atoms with Gasteiger partial charge in [0.1, 0.15) is 43.3 Å². The molecule has 1 amide bonds. The van der Waals surface area contributed by atoms with E-state index in [0.717, 1.165) is 57.0 Å². The van der Waals surface area contributed by atoms with E-state index in [9.17, 15) is 14.7 Å². The van der Waals surface area contributed by atoms with Crippen molar-refractivity contribution in [2.75, 3.05) is 33.4 Å². The largest absolute Gasteiger partial charge is 0.588 e. The van der Waals surface area contributed by atoms with Crippen LogP contribution in [0.3, 0.4) is 0 Å². The van der Waals surface area contributed by atoms with Gasteiger partial charge in [-0.2, -0.15) is 0 Å². The number of carbonyl (C=O) groups excluding carboxylic acids is 2. The Hall–Kier alpha value is -2.46. The smallest absolute Gasteiger partial charge is 0.457 e. The van der Waals surface area contributed by atoms with E-state index in [0.29, 0.717) is 26.1 Å². The number of aliphatic hydroxyl groups is 1. The zero-order valence-corrected chi connectivity index (χ0v) is 57.9. The quantitative estimate of drug-likeness (QED) is 0.0210. The van der Waals surface area contributed by atoms with Gasteiger partial charge >= 0.3 is 13.8 Å². The molecule has 1 heterocycles. The highest BCUT2D eigenvalue weighted by atomic mass is 31.2. The van der Waals surface area contributed by atoms with E-state index in [1.54, 1.807) is 60.7 Å².